The number of hydrogen-bond acceptors (Lipinski definition) is 3. The predicted octanol–water partition coefficient (Wildman–Crippen LogP) is 1.23. The molecular weight excluding hydrogens is 154 g/mol. The van der Waals surface area contributed by atoms with E-state index in [9.17, 15) is 4.79 Å². The molecule has 3 heteroatoms. The summed E-state index contributed by atoms with van der Waals surface area (Å²) in [5.74, 6) is 0.472. The van der Waals surface area contributed by atoms with Gasteiger partial charge in [-0.2, -0.15) is 0 Å². The zero-order chi connectivity index (χ0) is 9.40. The van der Waals surface area contributed by atoms with Crippen molar-refractivity contribution in [3.05, 3.63) is 24.6 Å². The fourth-order valence-corrected chi connectivity index (χ4v) is 0.657. The SMILES string of the molecule is C=CCN/C(=C/C(C)=O)OCC. The molecule has 0 saturated carbocycles. The summed E-state index contributed by atoms with van der Waals surface area (Å²) in [6.45, 7) is 8.03. The van der Waals surface area contributed by atoms with Crippen molar-refractivity contribution < 1.29 is 9.53 Å². The van der Waals surface area contributed by atoms with Crippen molar-refractivity contribution in [1.82, 2.24) is 5.32 Å². The van der Waals surface area contributed by atoms with E-state index in [0.717, 1.165) is 0 Å². The summed E-state index contributed by atoms with van der Waals surface area (Å²) in [7, 11) is 0. The van der Waals surface area contributed by atoms with Crippen LogP contribution in [0.5, 0.6) is 0 Å². The van der Waals surface area contributed by atoms with Crippen molar-refractivity contribution in [2.75, 3.05) is 13.2 Å². The lowest BCUT2D eigenvalue weighted by Crippen LogP contribution is -2.16. The largest absolute Gasteiger partial charge is 0.479 e. The maximum Gasteiger partial charge on any atom is 0.190 e. The minimum Gasteiger partial charge on any atom is -0.479 e. The van der Waals surface area contributed by atoms with Crippen LogP contribution in [-0.2, 0) is 9.53 Å². The van der Waals surface area contributed by atoms with Crippen LogP contribution in [0.4, 0.5) is 0 Å². The first-order valence-electron chi connectivity index (χ1n) is 3.90. The Balaban J connectivity index is 4.01. The first kappa shape index (κ1) is 10.8. The quantitative estimate of drug-likeness (QED) is 0.369. The minimum atomic E-state index is -0.0324. The Morgan fingerprint density at radius 2 is 2.33 bits per heavy atom. The van der Waals surface area contributed by atoms with Gasteiger partial charge in [0.2, 0.25) is 0 Å². The fourth-order valence-electron chi connectivity index (χ4n) is 0.657. The van der Waals surface area contributed by atoms with Gasteiger partial charge in [-0.15, -0.1) is 6.58 Å². The molecule has 0 bridgehead atoms. The van der Waals surface area contributed by atoms with Crippen molar-refractivity contribution in [3.63, 3.8) is 0 Å². The Bertz CT molecular complexity index is 185. The minimum absolute atomic E-state index is 0.0324. The van der Waals surface area contributed by atoms with E-state index in [4.69, 9.17) is 4.74 Å². The van der Waals surface area contributed by atoms with Crippen molar-refractivity contribution in [2.45, 2.75) is 13.8 Å². The van der Waals surface area contributed by atoms with Crippen molar-refractivity contribution in [2.24, 2.45) is 0 Å². The molecule has 0 atom stereocenters. The second-order valence-corrected chi connectivity index (χ2v) is 2.22. The Morgan fingerprint density at radius 1 is 1.67 bits per heavy atom. The number of ketones is 1. The van der Waals surface area contributed by atoms with Gasteiger partial charge >= 0.3 is 0 Å². The smallest absolute Gasteiger partial charge is 0.190 e. The molecule has 12 heavy (non-hydrogen) atoms. The first-order chi connectivity index (χ1) is 5.70. The van der Waals surface area contributed by atoms with E-state index in [-0.39, 0.29) is 5.78 Å². The van der Waals surface area contributed by atoms with E-state index < -0.39 is 0 Å². The van der Waals surface area contributed by atoms with Crippen LogP contribution in [0.3, 0.4) is 0 Å². The van der Waals surface area contributed by atoms with Gasteiger partial charge in [0.1, 0.15) is 0 Å². The van der Waals surface area contributed by atoms with E-state index in [2.05, 4.69) is 11.9 Å². The summed E-state index contributed by atoms with van der Waals surface area (Å²) in [6.07, 6.45) is 3.12. The Morgan fingerprint density at radius 3 is 2.75 bits per heavy atom. The summed E-state index contributed by atoms with van der Waals surface area (Å²) >= 11 is 0. The molecule has 0 saturated heterocycles. The molecule has 0 aromatic heterocycles. The van der Waals surface area contributed by atoms with Crippen LogP contribution in [-0.4, -0.2) is 18.9 Å². The summed E-state index contributed by atoms with van der Waals surface area (Å²) in [4.78, 5) is 10.7. The van der Waals surface area contributed by atoms with Gasteiger partial charge in [-0.1, -0.05) is 6.08 Å². The summed E-state index contributed by atoms with van der Waals surface area (Å²) in [5.41, 5.74) is 0. The van der Waals surface area contributed by atoms with Gasteiger partial charge in [0.15, 0.2) is 11.7 Å². The molecule has 0 aromatic rings. The van der Waals surface area contributed by atoms with Crippen LogP contribution < -0.4 is 5.32 Å². The van der Waals surface area contributed by atoms with Crippen molar-refractivity contribution >= 4 is 5.78 Å². The maximum absolute atomic E-state index is 10.7. The Labute approximate surface area is 73.1 Å². The Kier molecular flexibility index (Phi) is 5.79. The van der Waals surface area contributed by atoms with Gasteiger partial charge in [-0.3, -0.25) is 4.79 Å². The molecule has 0 aliphatic heterocycles. The van der Waals surface area contributed by atoms with Crippen LogP contribution in [0.25, 0.3) is 0 Å². The number of allylic oxidation sites excluding steroid dienone is 1. The normalized spacial score (nSPS) is 10.7. The van der Waals surface area contributed by atoms with Crippen LogP contribution in [0.1, 0.15) is 13.8 Å². The average molecular weight is 169 g/mol. The van der Waals surface area contributed by atoms with Crippen LogP contribution >= 0.6 is 0 Å². The first-order valence-corrected chi connectivity index (χ1v) is 3.90. The molecule has 0 spiro atoms. The second-order valence-electron chi connectivity index (χ2n) is 2.22. The topological polar surface area (TPSA) is 38.3 Å². The lowest BCUT2D eigenvalue weighted by molar-refractivity contribution is -0.112. The number of hydrogen-bond donors (Lipinski definition) is 1. The van der Waals surface area contributed by atoms with E-state index in [1.807, 2.05) is 6.92 Å². The van der Waals surface area contributed by atoms with Gasteiger partial charge < -0.3 is 10.1 Å². The summed E-state index contributed by atoms with van der Waals surface area (Å²) in [6, 6.07) is 0. The van der Waals surface area contributed by atoms with E-state index in [1.54, 1.807) is 6.08 Å². The standard InChI is InChI=1S/C9H15NO2/c1-4-6-10-9(12-5-2)7-8(3)11/h4,7,10H,1,5-6H2,2-3H3/b9-7-. The van der Waals surface area contributed by atoms with Crippen molar-refractivity contribution in [1.29, 1.82) is 0 Å². The molecule has 0 fully saturated rings. The van der Waals surface area contributed by atoms with Gasteiger partial charge in [0, 0.05) is 12.6 Å². The van der Waals surface area contributed by atoms with Crippen LogP contribution in [0.2, 0.25) is 0 Å². The molecule has 0 amide bonds. The maximum atomic E-state index is 10.7. The third-order valence-corrected chi connectivity index (χ3v) is 1.05. The van der Waals surface area contributed by atoms with E-state index in [1.165, 1.54) is 13.0 Å². The fraction of sp³-hybridized carbons (Fsp3) is 0.444. The van der Waals surface area contributed by atoms with E-state index >= 15 is 0 Å². The van der Waals surface area contributed by atoms with Gasteiger partial charge in [-0.25, -0.2) is 0 Å². The monoisotopic (exact) mass is 169 g/mol. The molecule has 0 aliphatic carbocycles. The average Bonchev–Trinajstić information content (AvgIpc) is 2.00. The molecule has 0 heterocycles. The number of ether oxygens (including phenoxy) is 1. The molecular formula is C9H15NO2. The lowest BCUT2D eigenvalue weighted by atomic mass is 10.4. The molecule has 0 aliphatic rings. The highest BCUT2D eigenvalue weighted by atomic mass is 16.5. The molecule has 68 valence electrons. The Hall–Kier alpha value is -1.25. The third kappa shape index (κ3) is 5.53. The highest BCUT2D eigenvalue weighted by molar-refractivity contribution is 5.87. The van der Waals surface area contributed by atoms with Crippen LogP contribution in [0, 0.1) is 0 Å². The molecule has 0 rings (SSSR count). The van der Waals surface area contributed by atoms with Gasteiger partial charge in [0.25, 0.3) is 0 Å². The highest BCUT2D eigenvalue weighted by Crippen LogP contribution is 1.92. The number of carbonyl (C=O) groups excluding carboxylic acids is 1. The zero-order valence-corrected chi connectivity index (χ0v) is 7.59. The molecule has 0 unspecified atom stereocenters. The zero-order valence-electron chi connectivity index (χ0n) is 7.59. The number of carbonyl (C=O) groups is 1. The molecule has 0 radical (unpaired) electrons. The summed E-state index contributed by atoms with van der Waals surface area (Å²) in [5, 5.41) is 2.90. The van der Waals surface area contributed by atoms with Crippen molar-refractivity contribution in [3.8, 4) is 0 Å². The third-order valence-electron chi connectivity index (χ3n) is 1.05. The lowest BCUT2D eigenvalue weighted by Gasteiger charge is -2.08. The van der Waals surface area contributed by atoms with E-state index in [0.29, 0.717) is 19.0 Å². The summed E-state index contributed by atoms with van der Waals surface area (Å²) < 4.78 is 5.14. The highest BCUT2D eigenvalue weighted by Gasteiger charge is 1.95. The van der Waals surface area contributed by atoms with Crippen LogP contribution in [0.15, 0.2) is 24.6 Å². The second kappa shape index (κ2) is 6.46. The molecule has 1 N–H and O–H groups in total. The molecule has 0 aromatic carbocycles. The van der Waals surface area contributed by atoms with Gasteiger partial charge in [0.05, 0.1) is 6.61 Å². The number of nitrogens with one attached hydrogen (secondary N) is 1. The predicted molar refractivity (Wildman–Crippen MR) is 48.6 cm³/mol. The molecule has 3 nitrogen and oxygen atoms in total. The van der Waals surface area contributed by atoms with Gasteiger partial charge in [-0.05, 0) is 13.8 Å². The number of rotatable bonds is 6.